The predicted molar refractivity (Wildman–Crippen MR) is 224 cm³/mol. The second-order valence-electron chi connectivity index (χ2n) is 21.2. The number of ether oxygens (including phenoxy) is 1. The number of carbonyl (C=O) groups excluding carboxylic acids is 2. The molecule has 2 spiro atoms. The lowest BCUT2D eigenvalue weighted by molar-refractivity contribution is -0.176. The molecule has 1 aromatic heterocycles. The summed E-state index contributed by atoms with van der Waals surface area (Å²) < 4.78 is 6.33. The summed E-state index contributed by atoms with van der Waals surface area (Å²) in [5.74, 6) is 3.15. The van der Waals surface area contributed by atoms with Crippen LogP contribution in [-0.2, 0) is 0 Å². The minimum Gasteiger partial charge on any atom is -0.410 e. The monoisotopic (exact) mass is 785 g/mol. The van der Waals surface area contributed by atoms with Gasteiger partial charge in [0.2, 0.25) is 0 Å². The van der Waals surface area contributed by atoms with Gasteiger partial charge in [-0.3, -0.25) is 4.79 Å². The molecule has 1 amide bonds. The van der Waals surface area contributed by atoms with Crippen LogP contribution in [0.3, 0.4) is 0 Å². The van der Waals surface area contributed by atoms with E-state index in [4.69, 9.17) is 4.74 Å². The number of aliphatic hydroxyl groups excluding tert-OH is 1. The molecule has 0 saturated heterocycles. The number of Topliss-reactive ketones (excluding diaryl/α,β-unsaturated/α-hetero) is 1. The Morgan fingerprint density at radius 1 is 0.807 bits per heavy atom. The summed E-state index contributed by atoms with van der Waals surface area (Å²) in [6.45, 7) is 7.66. The van der Waals surface area contributed by atoms with Crippen molar-refractivity contribution in [1.29, 1.82) is 0 Å². The fourth-order valence-corrected chi connectivity index (χ4v) is 16.9. The van der Waals surface area contributed by atoms with Crippen LogP contribution >= 0.6 is 11.3 Å². The summed E-state index contributed by atoms with van der Waals surface area (Å²) in [5.41, 5.74) is -1.71. The van der Waals surface area contributed by atoms with Gasteiger partial charge in [0, 0.05) is 33.2 Å². The summed E-state index contributed by atoms with van der Waals surface area (Å²) in [5, 5.41) is 26.7. The highest BCUT2D eigenvalue weighted by atomic mass is 32.1. The van der Waals surface area contributed by atoms with Crippen LogP contribution in [0.5, 0.6) is 5.75 Å². The highest BCUT2D eigenvalue weighted by molar-refractivity contribution is 7.14. The van der Waals surface area contributed by atoms with Gasteiger partial charge < -0.3 is 19.8 Å². The first-order valence-electron chi connectivity index (χ1n) is 22.2. The SMILES string of the molecule is Cc1ccc(C(=O)C2=C[C@@]34C=C[C@@]25[C@@H]2CC[C@@](O)(CN(CC67CC8CC(CC(C8)C6)C7)C(=O)Oc6ccc7ccccc7c6)[C@@]2(C)CC[C@@H]5[C@@]3(C)CCC(O)C4)s1. The van der Waals surface area contributed by atoms with Crippen molar-refractivity contribution >= 4 is 34.0 Å². The molecule has 7 saturated carbocycles. The normalized spacial score (nSPS) is 43.4. The van der Waals surface area contributed by atoms with E-state index in [9.17, 15) is 19.8 Å². The third-order valence-electron chi connectivity index (χ3n) is 18.2. The molecule has 10 aliphatic carbocycles. The third-order valence-corrected chi connectivity index (χ3v) is 19.2. The molecule has 1 unspecified atom stereocenters. The molecule has 2 N–H and O–H groups in total. The summed E-state index contributed by atoms with van der Waals surface area (Å²) in [6, 6.07) is 18.1. The topological polar surface area (TPSA) is 87.1 Å². The van der Waals surface area contributed by atoms with Crippen LogP contribution in [0.2, 0.25) is 0 Å². The van der Waals surface area contributed by atoms with Crippen LogP contribution in [0.4, 0.5) is 4.79 Å². The number of hydrogen-bond acceptors (Lipinski definition) is 6. The van der Waals surface area contributed by atoms with Gasteiger partial charge in [-0.15, -0.1) is 11.3 Å². The van der Waals surface area contributed by atoms with Crippen molar-refractivity contribution in [1.82, 2.24) is 4.90 Å². The van der Waals surface area contributed by atoms with Gasteiger partial charge in [0.1, 0.15) is 5.75 Å². The van der Waals surface area contributed by atoms with Gasteiger partial charge in [-0.1, -0.05) is 62.4 Å². The molecule has 8 atom stereocenters. The van der Waals surface area contributed by atoms with Crippen LogP contribution in [0, 0.1) is 63.6 Å². The number of hydrogen-bond donors (Lipinski definition) is 2. The number of aliphatic hydroxyl groups is 2. The van der Waals surface area contributed by atoms with Crippen molar-refractivity contribution in [2.75, 3.05) is 13.1 Å². The second kappa shape index (κ2) is 12.4. The summed E-state index contributed by atoms with van der Waals surface area (Å²) in [4.78, 5) is 33.6. The maximum atomic E-state index is 15.0. The smallest absolute Gasteiger partial charge is 0.410 e. The zero-order valence-corrected chi connectivity index (χ0v) is 34.8. The number of nitrogens with zero attached hydrogens (tertiary/aromatic N) is 1. The minimum absolute atomic E-state index is 0.0288. The maximum Gasteiger partial charge on any atom is 0.415 e. The first-order valence-corrected chi connectivity index (χ1v) is 23.0. The van der Waals surface area contributed by atoms with E-state index in [0.29, 0.717) is 25.1 Å². The number of thiophene rings is 1. The lowest BCUT2D eigenvalue weighted by atomic mass is 9.32. The summed E-state index contributed by atoms with van der Waals surface area (Å²) in [6.07, 6.45) is 19.3. The highest BCUT2D eigenvalue weighted by Gasteiger charge is 2.75. The summed E-state index contributed by atoms with van der Waals surface area (Å²) >= 11 is 1.57. The van der Waals surface area contributed by atoms with E-state index in [1.807, 2.05) is 47.4 Å². The van der Waals surface area contributed by atoms with Crippen molar-refractivity contribution in [2.45, 2.75) is 116 Å². The van der Waals surface area contributed by atoms with E-state index < -0.39 is 16.4 Å². The summed E-state index contributed by atoms with van der Waals surface area (Å²) in [7, 11) is 0. The number of fused-ring (bicyclic) bond motifs is 2. The van der Waals surface area contributed by atoms with Crippen molar-refractivity contribution in [3.63, 3.8) is 0 Å². The van der Waals surface area contributed by atoms with Crippen LogP contribution < -0.4 is 4.74 Å². The average Bonchev–Trinajstić information content (AvgIpc) is 3.73. The molecule has 13 rings (SSSR count). The molecule has 1 heterocycles. The maximum absolute atomic E-state index is 15.0. The van der Waals surface area contributed by atoms with Gasteiger partial charge in [0.15, 0.2) is 5.78 Å². The fraction of sp³-hybridized carbons (Fsp3) is 0.600. The molecule has 0 aliphatic heterocycles. The van der Waals surface area contributed by atoms with Crippen LogP contribution in [0.25, 0.3) is 10.8 Å². The largest absolute Gasteiger partial charge is 0.415 e. The van der Waals surface area contributed by atoms with Gasteiger partial charge in [-0.05, 0) is 166 Å². The zero-order chi connectivity index (χ0) is 39.2. The lowest BCUT2D eigenvalue weighted by Crippen LogP contribution is -2.67. The van der Waals surface area contributed by atoms with E-state index in [1.165, 1.54) is 38.5 Å². The predicted octanol–water partition coefficient (Wildman–Crippen LogP) is 10.7. The number of ketones is 1. The van der Waals surface area contributed by atoms with Gasteiger partial charge >= 0.3 is 6.09 Å². The number of carbonyl (C=O) groups is 2. The van der Waals surface area contributed by atoms with E-state index in [2.05, 4.69) is 51.1 Å². The molecule has 300 valence electrons. The van der Waals surface area contributed by atoms with Gasteiger partial charge in [0.05, 0.1) is 23.1 Å². The van der Waals surface area contributed by atoms with E-state index in [1.54, 1.807) is 11.3 Å². The Labute approximate surface area is 341 Å². The van der Waals surface area contributed by atoms with Crippen LogP contribution in [0.1, 0.15) is 112 Å². The van der Waals surface area contributed by atoms with Gasteiger partial charge in [-0.25, -0.2) is 4.79 Å². The second-order valence-corrected chi connectivity index (χ2v) is 22.5. The van der Waals surface area contributed by atoms with Gasteiger partial charge in [-0.2, -0.15) is 0 Å². The number of allylic oxidation sites excluding steroid dienone is 4. The first kappa shape index (κ1) is 36.8. The van der Waals surface area contributed by atoms with Gasteiger partial charge in [0.25, 0.3) is 0 Å². The minimum atomic E-state index is -1.15. The Kier molecular flexibility index (Phi) is 8.00. The molecular formula is C50H59NO5S. The Morgan fingerprint density at radius 2 is 1.49 bits per heavy atom. The standard InChI is InChI=1S/C50H59NO5S/c1-31-8-11-40(57-31)43(53)39-28-48-18-19-50(39)41(45(48,2)15-12-37(52)27-48)13-16-46(3)42(50)14-17-49(46,55)30-51(29-47-24-32-20-33(25-47)22-34(21-32)26-47)44(54)56-38-10-9-35-6-4-5-7-36(35)23-38/h4-11,18-19,23,28,32-34,37,41-42,52,55H,12-17,20-22,24-27,29-30H2,1-3H3/t32?,33?,34?,37?,41-,42-,45-,46+,47?,48+,49-,50-/m1/s1. The Balaban J connectivity index is 0.968. The van der Waals surface area contributed by atoms with E-state index in [-0.39, 0.29) is 52.6 Å². The molecule has 7 fully saturated rings. The van der Waals surface area contributed by atoms with Crippen molar-refractivity contribution in [2.24, 2.45) is 56.7 Å². The molecule has 6 nitrogen and oxygen atoms in total. The molecule has 6 bridgehead atoms. The van der Waals surface area contributed by atoms with Crippen LogP contribution in [0.15, 0.2) is 78.4 Å². The first-order chi connectivity index (χ1) is 27.3. The Hall–Kier alpha value is -3.26. The van der Waals surface area contributed by atoms with Crippen molar-refractivity contribution < 1.29 is 24.5 Å². The Morgan fingerprint density at radius 3 is 2.21 bits per heavy atom. The van der Waals surface area contributed by atoms with Crippen LogP contribution in [-0.4, -0.2) is 51.8 Å². The van der Waals surface area contributed by atoms with Crippen molar-refractivity contribution in [3.05, 3.63) is 88.2 Å². The van der Waals surface area contributed by atoms with Crippen molar-refractivity contribution in [3.8, 4) is 5.75 Å². The molecule has 57 heavy (non-hydrogen) atoms. The number of rotatable bonds is 7. The molecule has 10 aliphatic rings. The quantitative estimate of drug-likeness (QED) is 0.184. The highest BCUT2D eigenvalue weighted by Crippen LogP contribution is 2.78. The number of benzene rings is 2. The van der Waals surface area contributed by atoms with E-state index in [0.717, 1.165) is 76.0 Å². The number of amides is 1. The lowest BCUT2D eigenvalue weighted by Gasteiger charge is -2.71. The van der Waals surface area contributed by atoms with E-state index >= 15 is 0 Å². The molecule has 7 heteroatoms. The Bertz CT molecular complexity index is 2200. The third kappa shape index (κ3) is 5.19. The molecule has 0 radical (unpaired) electrons. The average molecular weight is 786 g/mol. The molecule has 2 aromatic carbocycles. The molecule has 3 aromatic rings. The number of aryl methyl sites for hydroxylation is 1. The zero-order valence-electron chi connectivity index (χ0n) is 34.0. The fourth-order valence-electron chi connectivity index (χ4n) is 16.1. The molecular weight excluding hydrogens is 727 g/mol.